The average Bonchev–Trinajstić information content (AvgIpc) is 2.96. The fourth-order valence-corrected chi connectivity index (χ4v) is 2.70. The van der Waals surface area contributed by atoms with Crippen LogP contribution in [0.1, 0.15) is 16.1 Å². The first-order valence-corrected chi connectivity index (χ1v) is 6.79. The number of carbonyl (C=O) groups excluding carboxylic acids is 1. The molecule has 18 heavy (non-hydrogen) atoms. The Kier molecular flexibility index (Phi) is 2.77. The smallest absolute Gasteiger partial charge is 0.257 e. The lowest BCUT2D eigenvalue weighted by Gasteiger charge is -2.00. The summed E-state index contributed by atoms with van der Waals surface area (Å²) in [5.41, 5.74) is 3.00. The highest BCUT2D eigenvalue weighted by molar-refractivity contribution is 7.13. The summed E-state index contributed by atoms with van der Waals surface area (Å²) in [5, 5.41) is 5.26. The zero-order chi connectivity index (χ0) is 12.5. The van der Waals surface area contributed by atoms with E-state index in [-0.39, 0.29) is 5.91 Å². The summed E-state index contributed by atoms with van der Waals surface area (Å²) in [6, 6.07) is 5.26. The van der Waals surface area contributed by atoms with Gasteiger partial charge < -0.3 is 0 Å². The Morgan fingerprint density at radius 1 is 1.28 bits per heavy atom. The van der Waals surface area contributed by atoms with Crippen molar-refractivity contribution >= 4 is 45.1 Å². The van der Waals surface area contributed by atoms with E-state index in [9.17, 15) is 4.79 Å². The van der Waals surface area contributed by atoms with Crippen LogP contribution < -0.4 is 5.32 Å². The molecular formula is C11H8N4OS2. The lowest BCUT2D eigenvalue weighted by atomic mass is 10.2. The van der Waals surface area contributed by atoms with Gasteiger partial charge in [0.15, 0.2) is 5.13 Å². The largest absolute Gasteiger partial charge is 0.298 e. The first-order chi connectivity index (χ1) is 8.72. The van der Waals surface area contributed by atoms with Crippen LogP contribution in [0, 0.1) is 6.92 Å². The minimum absolute atomic E-state index is 0.181. The van der Waals surface area contributed by atoms with E-state index in [0.29, 0.717) is 10.7 Å². The van der Waals surface area contributed by atoms with Crippen molar-refractivity contribution in [3.8, 4) is 0 Å². The van der Waals surface area contributed by atoms with Gasteiger partial charge in [0.05, 0.1) is 17.4 Å². The van der Waals surface area contributed by atoms with Gasteiger partial charge in [-0.1, -0.05) is 0 Å². The zero-order valence-electron chi connectivity index (χ0n) is 9.38. The molecule has 3 aromatic rings. The molecule has 2 aromatic heterocycles. The highest BCUT2D eigenvalue weighted by Crippen LogP contribution is 2.17. The molecular weight excluding hydrogens is 268 g/mol. The lowest BCUT2D eigenvalue weighted by Crippen LogP contribution is -2.11. The third-order valence-electron chi connectivity index (χ3n) is 2.36. The van der Waals surface area contributed by atoms with Crippen molar-refractivity contribution in [1.29, 1.82) is 0 Å². The first kappa shape index (κ1) is 11.2. The maximum Gasteiger partial charge on any atom is 0.257 e. The molecule has 0 aliphatic rings. The summed E-state index contributed by atoms with van der Waals surface area (Å²) in [6.45, 7) is 1.89. The minimum Gasteiger partial charge on any atom is -0.298 e. The van der Waals surface area contributed by atoms with Gasteiger partial charge in [-0.3, -0.25) is 10.1 Å². The molecule has 0 unspecified atom stereocenters. The molecule has 0 aliphatic carbocycles. The molecule has 2 heterocycles. The number of carbonyl (C=O) groups is 1. The molecule has 1 amide bonds. The third kappa shape index (κ3) is 2.09. The minimum atomic E-state index is -0.181. The zero-order valence-corrected chi connectivity index (χ0v) is 11.0. The number of nitrogens with zero attached hydrogens (tertiary/aromatic N) is 3. The fourth-order valence-electron chi connectivity index (χ4n) is 1.50. The monoisotopic (exact) mass is 276 g/mol. The first-order valence-electron chi connectivity index (χ1n) is 5.18. The number of rotatable bonds is 2. The Bertz CT molecular complexity index is 718. The second-order valence-corrected chi connectivity index (χ2v) is 5.10. The maximum absolute atomic E-state index is 12.0. The Balaban J connectivity index is 1.87. The molecule has 0 bridgehead atoms. The van der Waals surface area contributed by atoms with E-state index in [0.717, 1.165) is 28.5 Å². The van der Waals surface area contributed by atoms with Gasteiger partial charge >= 0.3 is 0 Å². The van der Waals surface area contributed by atoms with Crippen LogP contribution in [-0.4, -0.2) is 19.6 Å². The van der Waals surface area contributed by atoms with Crippen LogP contribution in [0.2, 0.25) is 0 Å². The van der Waals surface area contributed by atoms with Crippen molar-refractivity contribution in [3.05, 3.63) is 34.8 Å². The van der Waals surface area contributed by atoms with Crippen molar-refractivity contribution < 1.29 is 4.79 Å². The van der Waals surface area contributed by atoms with E-state index < -0.39 is 0 Å². The van der Waals surface area contributed by atoms with Crippen LogP contribution in [0.25, 0.3) is 11.0 Å². The number of fused-ring (bicyclic) bond motifs is 1. The van der Waals surface area contributed by atoms with Gasteiger partial charge in [-0.05, 0) is 25.1 Å². The molecule has 7 heteroatoms. The van der Waals surface area contributed by atoms with Crippen LogP contribution in [-0.2, 0) is 0 Å². The van der Waals surface area contributed by atoms with Crippen molar-refractivity contribution in [2.24, 2.45) is 0 Å². The average molecular weight is 276 g/mol. The molecule has 0 aliphatic heterocycles. The van der Waals surface area contributed by atoms with Crippen molar-refractivity contribution in [2.75, 3.05) is 5.32 Å². The molecule has 0 fully saturated rings. The summed E-state index contributed by atoms with van der Waals surface area (Å²) in [4.78, 5) is 16.2. The number of hydrogen-bond donors (Lipinski definition) is 1. The Morgan fingerprint density at radius 2 is 2.11 bits per heavy atom. The fraction of sp³-hybridized carbons (Fsp3) is 0.0909. The molecule has 1 aromatic carbocycles. The molecule has 0 spiro atoms. The Hall–Kier alpha value is -1.86. The Morgan fingerprint density at radius 3 is 2.89 bits per heavy atom. The Labute approximate surface area is 111 Å². The molecule has 0 atom stereocenters. The molecule has 90 valence electrons. The number of anilines is 1. The molecule has 0 saturated carbocycles. The molecule has 0 saturated heterocycles. The standard InChI is InChI=1S/C11H8N4OS2/c1-6-5-17-11(12-6)13-10(16)7-2-3-8-9(4-7)15-18-14-8/h2-5H,1H3,(H,12,13,16). The van der Waals surface area contributed by atoms with Crippen molar-refractivity contribution in [2.45, 2.75) is 6.92 Å². The molecule has 5 nitrogen and oxygen atoms in total. The second-order valence-electron chi connectivity index (χ2n) is 3.72. The van der Waals surface area contributed by atoms with E-state index >= 15 is 0 Å². The van der Waals surface area contributed by atoms with Crippen LogP contribution >= 0.6 is 23.1 Å². The number of aromatic nitrogens is 3. The number of aryl methyl sites for hydroxylation is 1. The van der Waals surface area contributed by atoms with E-state index in [1.807, 2.05) is 12.3 Å². The van der Waals surface area contributed by atoms with E-state index in [1.54, 1.807) is 18.2 Å². The molecule has 1 N–H and O–H groups in total. The lowest BCUT2D eigenvalue weighted by molar-refractivity contribution is 0.102. The van der Waals surface area contributed by atoms with Gasteiger partial charge in [-0.25, -0.2) is 4.98 Å². The summed E-state index contributed by atoms with van der Waals surface area (Å²) in [7, 11) is 0. The van der Waals surface area contributed by atoms with Gasteiger partial charge in [-0.15, -0.1) is 11.3 Å². The number of nitrogens with one attached hydrogen (secondary N) is 1. The quantitative estimate of drug-likeness (QED) is 0.781. The third-order valence-corrected chi connectivity index (χ3v) is 3.79. The molecule has 0 radical (unpaired) electrons. The SMILES string of the molecule is Cc1csc(NC(=O)c2ccc3nsnc3c2)n1. The van der Waals surface area contributed by atoms with Crippen LogP contribution in [0.3, 0.4) is 0 Å². The van der Waals surface area contributed by atoms with Crippen LogP contribution in [0.15, 0.2) is 23.6 Å². The summed E-state index contributed by atoms with van der Waals surface area (Å²) < 4.78 is 8.21. The van der Waals surface area contributed by atoms with E-state index in [2.05, 4.69) is 19.0 Å². The van der Waals surface area contributed by atoms with Gasteiger partial charge in [-0.2, -0.15) is 8.75 Å². The molecule has 3 rings (SSSR count). The predicted molar refractivity (Wildman–Crippen MR) is 72.2 cm³/mol. The normalized spacial score (nSPS) is 10.7. The summed E-state index contributed by atoms with van der Waals surface area (Å²) >= 11 is 2.55. The number of benzene rings is 1. The number of hydrogen-bond acceptors (Lipinski definition) is 6. The highest BCUT2D eigenvalue weighted by atomic mass is 32.1. The highest BCUT2D eigenvalue weighted by Gasteiger charge is 2.10. The van der Waals surface area contributed by atoms with Gasteiger partial charge in [0, 0.05) is 10.9 Å². The second kappa shape index (κ2) is 4.43. The summed E-state index contributed by atoms with van der Waals surface area (Å²) in [6.07, 6.45) is 0. The number of amides is 1. The van der Waals surface area contributed by atoms with Gasteiger partial charge in [0.1, 0.15) is 11.0 Å². The van der Waals surface area contributed by atoms with Gasteiger partial charge in [0.25, 0.3) is 5.91 Å². The summed E-state index contributed by atoms with van der Waals surface area (Å²) in [5.74, 6) is -0.181. The van der Waals surface area contributed by atoms with Gasteiger partial charge in [0.2, 0.25) is 0 Å². The van der Waals surface area contributed by atoms with Crippen LogP contribution in [0.4, 0.5) is 5.13 Å². The van der Waals surface area contributed by atoms with Crippen LogP contribution in [0.5, 0.6) is 0 Å². The van der Waals surface area contributed by atoms with E-state index in [4.69, 9.17) is 0 Å². The van der Waals surface area contributed by atoms with E-state index in [1.165, 1.54) is 11.3 Å². The topological polar surface area (TPSA) is 67.8 Å². The predicted octanol–water partition coefficient (Wildman–Crippen LogP) is 2.71. The maximum atomic E-state index is 12.0. The number of thiazole rings is 1. The van der Waals surface area contributed by atoms with Crippen molar-refractivity contribution in [1.82, 2.24) is 13.7 Å². The van der Waals surface area contributed by atoms with Crippen molar-refractivity contribution in [3.63, 3.8) is 0 Å².